The van der Waals surface area contributed by atoms with Crippen molar-refractivity contribution in [3.05, 3.63) is 11.1 Å². The Bertz CT molecular complexity index is 202. The Balaban J connectivity index is 3.29. The molecular weight excluding hydrogens is 168 g/mol. The highest BCUT2D eigenvalue weighted by Gasteiger charge is 2.03. The average molecular weight is 176 g/mol. The van der Waals surface area contributed by atoms with Gasteiger partial charge in [0.25, 0.3) is 0 Å². The van der Waals surface area contributed by atoms with E-state index < -0.39 is 0 Å². The molecule has 0 fully saturated rings. The molecular formula is C6H8S3. The summed E-state index contributed by atoms with van der Waals surface area (Å²) in [5.74, 6) is 0. The molecule has 9 heavy (non-hydrogen) atoms. The highest BCUT2D eigenvalue weighted by atomic mass is 32.2. The van der Waals surface area contributed by atoms with Crippen LogP contribution in [0.25, 0.3) is 0 Å². The van der Waals surface area contributed by atoms with Gasteiger partial charge in [-0.05, 0) is 25.0 Å². The van der Waals surface area contributed by atoms with Gasteiger partial charge in [-0.1, -0.05) is 0 Å². The summed E-state index contributed by atoms with van der Waals surface area (Å²) in [7, 11) is 0. The third-order valence-electron chi connectivity index (χ3n) is 1.40. The van der Waals surface area contributed by atoms with Gasteiger partial charge >= 0.3 is 0 Å². The van der Waals surface area contributed by atoms with Crippen molar-refractivity contribution >= 4 is 36.6 Å². The van der Waals surface area contributed by atoms with Gasteiger partial charge in [-0.15, -0.1) is 36.6 Å². The maximum Gasteiger partial charge on any atom is 0.0611 e. The lowest BCUT2D eigenvalue weighted by Crippen LogP contribution is -1.70. The van der Waals surface area contributed by atoms with Crippen molar-refractivity contribution in [3.8, 4) is 0 Å². The van der Waals surface area contributed by atoms with E-state index >= 15 is 0 Å². The first-order valence-corrected chi connectivity index (χ1v) is 4.32. The topological polar surface area (TPSA) is 0 Å². The quantitative estimate of drug-likeness (QED) is 0.558. The van der Waals surface area contributed by atoms with Gasteiger partial charge in [0.1, 0.15) is 0 Å². The molecule has 0 N–H and O–H groups in total. The minimum atomic E-state index is 1.08. The number of thiol groups is 2. The third-order valence-corrected chi connectivity index (χ3v) is 3.62. The van der Waals surface area contributed by atoms with Crippen molar-refractivity contribution in [2.75, 3.05) is 0 Å². The van der Waals surface area contributed by atoms with Crippen LogP contribution in [0.3, 0.4) is 0 Å². The average Bonchev–Trinajstić information content (AvgIpc) is 1.98. The molecule has 0 aliphatic rings. The SMILES string of the molecule is Cc1c(S)sc(S)c1C. The lowest BCUT2D eigenvalue weighted by atomic mass is 10.2. The van der Waals surface area contributed by atoms with Gasteiger partial charge in [0.15, 0.2) is 0 Å². The Kier molecular flexibility index (Phi) is 2.14. The van der Waals surface area contributed by atoms with E-state index in [9.17, 15) is 0 Å². The summed E-state index contributed by atoms with van der Waals surface area (Å²) in [6.45, 7) is 4.13. The van der Waals surface area contributed by atoms with Crippen molar-refractivity contribution in [3.63, 3.8) is 0 Å². The van der Waals surface area contributed by atoms with Crippen LogP contribution in [0.4, 0.5) is 0 Å². The number of thiophene rings is 1. The van der Waals surface area contributed by atoms with Crippen LogP contribution in [-0.4, -0.2) is 0 Å². The highest BCUT2D eigenvalue weighted by molar-refractivity contribution is 7.85. The molecule has 0 saturated heterocycles. The molecule has 0 spiro atoms. The summed E-state index contributed by atoms with van der Waals surface area (Å²) in [5, 5.41) is 0. The Hall–Kier alpha value is 0.400. The fourth-order valence-electron chi connectivity index (χ4n) is 0.565. The molecule has 0 saturated carbocycles. The molecule has 1 heterocycles. The van der Waals surface area contributed by atoms with Crippen LogP contribution in [0.1, 0.15) is 11.1 Å². The molecule has 1 aromatic rings. The molecule has 0 aromatic carbocycles. The van der Waals surface area contributed by atoms with E-state index in [1.165, 1.54) is 11.1 Å². The maximum atomic E-state index is 4.26. The molecule has 0 radical (unpaired) electrons. The first kappa shape index (κ1) is 7.51. The summed E-state index contributed by atoms with van der Waals surface area (Å²) in [5.41, 5.74) is 2.52. The summed E-state index contributed by atoms with van der Waals surface area (Å²) in [4.78, 5) is 0. The fourth-order valence-corrected chi connectivity index (χ4v) is 2.46. The zero-order valence-corrected chi connectivity index (χ0v) is 7.91. The van der Waals surface area contributed by atoms with Gasteiger partial charge in [0.2, 0.25) is 0 Å². The van der Waals surface area contributed by atoms with Crippen LogP contribution < -0.4 is 0 Å². The predicted molar refractivity (Wildman–Crippen MR) is 48.3 cm³/mol. The van der Waals surface area contributed by atoms with Crippen LogP contribution >= 0.6 is 36.6 Å². The van der Waals surface area contributed by atoms with Crippen molar-refractivity contribution in [1.82, 2.24) is 0 Å². The van der Waals surface area contributed by atoms with Crippen LogP contribution in [0, 0.1) is 13.8 Å². The van der Waals surface area contributed by atoms with Gasteiger partial charge in [-0.2, -0.15) is 0 Å². The second kappa shape index (κ2) is 2.56. The van der Waals surface area contributed by atoms with Gasteiger partial charge in [-0.3, -0.25) is 0 Å². The smallest absolute Gasteiger partial charge is 0.0611 e. The van der Waals surface area contributed by atoms with Gasteiger partial charge < -0.3 is 0 Å². The summed E-state index contributed by atoms with van der Waals surface area (Å²) in [6, 6.07) is 0. The summed E-state index contributed by atoms with van der Waals surface area (Å²) in [6.07, 6.45) is 0. The number of rotatable bonds is 0. The standard InChI is InChI=1S/C6H8S3/c1-3-4(2)6(8)9-5(3)7/h7-8H,1-2H3. The van der Waals surface area contributed by atoms with Crippen LogP contribution in [0.2, 0.25) is 0 Å². The van der Waals surface area contributed by atoms with Gasteiger partial charge in [-0.25, -0.2) is 0 Å². The molecule has 0 unspecified atom stereocenters. The largest absolute Gasteiger partial charge is 0.133 e. The molecule has 1 aromatic heterocycles. The second-order valence-corrected chi connectivity index (χ2v) is 4.48. The zero-order valence-electron chi connectivity index (χ0n) is 5.30. The Labute approximate surface area is 70.1 Å². The summed E-state index contributed by atoms with van der Waals surface area (Å²) < 4.78 is 2.16. The molecule has 3 heteroatoms. The fraction of sp³-hybridized carbons (Fsp3) is 0.333. The van der Waals surface area contributed by atoms with E-state index in [-0.39, 0.29) is 0 Å². The normalized spacial score (nSPS) is 10.2. The van der Waals surface area contributed by atoms with Crippen molar-refractivity contribution < 1.29 is 0 Å². The minimum absolute atomic E-state index is 1.08. The Morgan fingerprint density at radius 2 is 1.33 bits per heavy atom. The lowest BCUT2D eigenvalue weighted by Gasteiger charge is -1.87. The molecule has 0 aliphatic carbocycles. The minimum Gasteiger partial charge on any atom is -0.133 e. The van der Waals surface area contributed by atoms with E-state index in [1.807, 2.05) is 0 Å². The molecule has 50 valence electrons. The van der Waals surface area contributed by atoms with E-state index in [2.05, 4.69) is 39.1 Å². The molecule has 0 aliphatic heterocycles. The van der Waals surface area contributed by atoms with Gasteiger partial charge in [0, 0.05) is 0 Å². The molecule has 0 nitrogen and oxygen atoms in total. The van der Waals surface area contributed by atoms with Crippen LogP contribution in [0.15, 0.2) is 8.42 Å². The van der Waals surface area contributed by atoms with Gasteiger partial charge in [0.05, 0.1) is 8.42 Å². The van der Waals surface area contributed by atoms with E-state index in [0.29, 0.717) is 0 Å². The molecule has 0 atom stereocenters. The van der Waals surface area contributed by atoms with E-state index in [0.717, 1.165) is 8.42 Å². The Morgan fingerprint density at radius 1 is 1.00 bits per heavy atom. The van der Waals surface area contributed by atoms with Crippen molar-refractivity contribution in [1.29, 1.82) is 0 Å². The first-order chi connectivity index (χ1) is 4.13. The third kappa shape index (κ3) is 1.28. The van der Waals surface area contributed by atoms with Crippen LogP contribution in [0.5, 0.6) is 0 Å². The summed E-state index contributed by atoms with van der Waals surface area (Å²) >= 11 is 10.1. The highest BCUT2D eigenvalue weighted by Crippen LogP contribution is 2.32. The monoisotopic (exact) mass is 176 g/mol. The molecule has 1 rings (SSSR count). The van der Waals surface area contributed by atoms with Crippen molar-refractivity contribution in [2.45, 2.75) is 22.3 Å². The van der Waals surface area contributed by atoms with E-state index in [1.54, 1.807) is 11.3 Å². The van der Waals surface area contributed by atoms with Crippen molar-refractivity contribution in [2.24, 2.45) is 0 Å². The second-order valence-electron chi connectivity index (χ2n) is 1.96. The predicted octanol–water partition coefficient (Wildman–Crippen LogP) is 2.94. The number of hydrogen-bond acceptors (Lipinski definition) is 3. The van der Waals surface area contributed by atoms with Crippen LogP contribution in [-0.2, 0) is 0 Å². The zero-order chi connectivity index (χ0) is 7.02. The van der Waals surface area contributed by atoms with E-state index in [4.69, 9.17) is 0 Å². The Morgan fingerprint density at radius 3 is 1.44 bits per heavy atom. The molecule has 0 amide bonds. The number of hydrogen-bond donors (Lipinski definition) is 2. The maximum absolute atomic E-state index is 4.26. The first-order valence-electron chi connectivity index (χ1n) is 2.61. The molecule has 0 bridgehead atoms. The lowest BCUT2D eigenvalue weighted by molar-refractivity contribution is 1.29.